The normalized spacial score (nSPS) is 17.0. The van der Waals surface area contributed by atoms with Crippen molar-refractivity contribution in [2.24, 2.45) is 0 Å². The molecule has 170 valence electrons. The Labute approximate surface area is 192 Å². The summed E-state index contributed by atoms with van der Waals surface area (Å²) < 4.78 is 33.0. The van der Waals surface area contributed by atoms with Crippen LogP contribution in [0.5, 0.6) is 5.75 Å². The van der Waals surface area contributed by atoms with E-state index in [1.54, 1.807) is 36.4 Å². The first-order valence-electron chi connectivity index (χ1n) is 10.4. The Morgan fingerprint density at radius 3 is 2.62 bits per heavy atom. The van der Waals surface area contributed by atoms with Crippen LogP contribution in [0.15, 0.2) is 52.3 Å². The molecule has 0 saturated carbocycles. The third-order valence-corrected chi connectivity index (χ3v) is 8.45. The molecule has 8 nitrogen and oxygen atoms in total. The van der Waals surface area contributed by atoms with Crippen LogP contribution in [-0.4, -0.2) is 57.0 Å². The number of para-hydroxylation sites is 2. The van der Waals surface area contributed by atoms with Gasteiger partial charge >= 0.3 is 0 Å². The molecule has 2 aliphatic heterocycles. The van der Waals surface area contributed by atoms with Gasteiger partial charge in [-0.05, 0) is 43.2 Å². The first-order chi connectivity index (χ1) is 15.4. The summed E-state index contributed by atoms with van der Waals surface area (Å²) in [5.41, 5.74) is 0.944. The summed E-state index contributed by atoms with van der Waals surface area (Å²) in [7, 11) is -2.14. The zero-order chi connectivity index (χ0) is 22.7. The van der Waals surface area contributed by atoms with Crippen molar-refractivity contribution in [3.05, 3.63) is 42.5 Å². The number of nitrogens with one attached hydrogen (secondary N) is 1. The van der Waals surface area contributed by atoms with Crippen LogP contribution in [-0.2, 0) is 19.6 Å². The lowest BCUT2D eigenvalue weighted by Crippen LogP contribution is -2.41. The van der Waals surface area contributed by atoms with Crippen molar-refractivity contribution in [1.82, 2.24) is 4.31 Å². The maximum absolute atomic E-state index is 13.1. The molecular weight excluding hydrogens is 450 g/mol. The maximum atomic E-state index is 13.1. The van der Waals surface area contributed by atoms with Gasteiger partial charge in [-0.3, -0.25) is 9.59 Å². The number of nitrogens with zero attached hydrogens (tertiary/aromatic N) is 2. The molecule has 1 saturated heterocycles. The largest absolute Gasteiger partial charge is 0.495 e. The van der Waals surface area contributed by atoms with Crippen molar-refractivity contribution in [3.63, 3.8) is 0 Å². The number of ether oxygens (including phenoxy) is 1. The number of rotatable bonds is 6. The average molecular weight is 476 g/mol. The number of anilines is 2. The van der Waals surface area contributed by atoms with E-state index in [1.807, 2.05) is 0 Å². The molecule has 1 N–H and O–H groups in total. The molecule has 0 spiro atoms. The van der Waals surface area contributed by atoms with Gasteiger partial charge in [0, 0.05) is 18.0 Å². The molecule has 1 fully saturated rings. The lowest BCUT2D eigenvalue weighted by molar-refractivity contribution is -0.120. The number of carbonyl (C=O) groups is 2. The van der Waals surface area contributed by atoms with Gasteiger partial charge in [0.2, 0.25) is 21.8 Å². The lowest BCUT2D eigenvalue weighted by atomic mass is 10.2. The molecule has 0 radical (unpaired) electrons. The molecule has 0 bridgehead atoms. The fourth-order valence-electron chi connectivity index (χ4n) is 3.85. The zero-order valence-electron chi connectivity index (χ0n) is 17.7. The Morgan fingerprint density at radius 1 is 1.12 bits per heavy atom. The number of carbonyl (C=O) groups excluding carboxylic acids is 2. The van der Waals surface area contributed by atoms with Crippen molar-refractivity contribution in [1.29, 1.82) is 0 Å². The second-order valence-corrected chi connectivity index (χ2v) is 10.6. The van der Waals surface area contributed by atoms with E-state index in [-0.39, 0.29) is 23.1 Å². The van der Waals surface area contributed by atoms with Gasteiger partial charge in [-0.2, -0.15) is 4.31 Å². The quantitative estimate of drug-likeness (QED) is 0.690. The first kappa shape index (κ1) is 22.6. The third kappa shape index (κ3) is 4.62. The maximum Gasteiger partial charge on any atom is 0.244 e. The van der Waals surface area contributed by atoms with Crippen molar-refractivity contribution in [2.75, 3.05) is 42.7 Å². The predicted molar refractivity (Wildman–Crippen MR) is 124 cm³/mol. The van der Waals surface area contributed by atoms with Crippen LogP contribution in [0.3, 0.4) is 0 Å². The molecule has 32 heavy (non-hydrogen) atoms. The molecule has 2 heterocycles. The number of hydrogen-bond donors (Lipinski definition) is 1. The smallest absolute Gasteiger partial charge is 0.244 e. The number of fused-ring (bicyclic) bond motifs is 1. The van der Waals surface area contributed by atoms with Gasteiger partial charge in [-0.15, -0.1) is 11.8 Å². The number of sulfonamides is 1. The van der Waals surface area contributed by atoms with Gasteiger partial charge in [0.15, 0.2) is 0 Å². The van der Waals surface area contributed by atoms with Crippen LogP contribution < -0.4 is 15.0 Å². The molecule has 2 aromatic carbocycles. The highest BCUT2D eigenvalue weighted by Gasteiger charge is 2.31. The number of hydrogen-bond acceptors (Lipinski definition) is 6. The van der Waals surface area contributed by atoms with E-state index in [2.05, 4.69) is 5.32 Å². The molecule has 0 aromatic heterocycles. The molecule has 0 aliphatic carbocycles. The summed E-state index contributed by atoms with van der Waals surface area (Å²) in [6.07, 6.45) is 2.71. The Morgan fingerprint density at radius 2 is 1.88 bits per heavy atom. The summed E-state index contributed by atoms with van der Waals surface area (Å²) in [6.45, 7) is 0.772. The first-order valence-corrected chi connectivity index (χ1v) is 12.8. The molecule has 10 heteroatoms. The van der Waals surface area contributed by atoms with Crippen molar-refractivity contribution < 1.29 is 22.7 Å². The molecule has 2 amide bonds. The van der Waals surface area contributed by atoms with Gasteiger partial charge in [0.1, 0.15) is 12.3 Å². The van der Waals surface area contributed by atoms with E-state index in [1.165, 1.54) is 34.1 Å². The van der Waals surface area contributed by atoms with Gasteiger partial charge in [0.25, 0.3) is 0 Å². The van der Waals surface area contributed by atoms with Crippen LogP contribution in [0.4, 0.5) is 11.4 Å². The minimum absolute atomic E-state index is 0.142. The van der Waals surface area contributed by atoms with Crippen molar-refractivity contribution in [3.8, 4) is 5.75 Å². The van der Waals surface area contributed by atoms with Gasteiger partial charge < -0.3 is 15.0 Å². The highest BCUT2D eigenvalue weighted by molar-refractivity contribution is 8.00. The zero-order valence-corrected chi connectivity index (χ0v) is 19.4. The Kier molecular flexibility index (Phi) is 6.73. The van der Waals surface area contributed by atoms with E-state index in [0.717, 1.165) is 24.2 Å². The second kappa shape index (κ2) is 9.51. The van der Waals surface area contributed by atoms with E-state index in [4.69, 9.17) is 4.74 Å². The van der Waals surface area contributed by atoms with Crippen LogP contribution in [0.1, 0.15) is 19.3 Å². The number of amides is 2. The fourth-order valence-corrected chi connectivity index (χ4v) is 6.31. The fraction of sp³-hybridized carbons (Fsp3) is 0.364. The average Bonchev–Trinajstić information content (AvgIpc) is 2.81. The molecule has 2 aliphatic rings. The minimum atomic E-state index is -3.65. The highest BCUT2D eigenvalue weighted by atomic mass is 32.2. The van der Waals surface area contributed by atoms with E-state index in [9.17, 15) is 18.0 Å². The summed E-state index contributed by atoms with van der Waals surface area (Å²) >= 11 is 1.34. The molecule has 0 atom stereocenters. The lowest BCUT2D eigenvalue weighted by Gasteiger charge is -2.30. The Hall–Kier alpha value is -2.56. The standard InChI is InChI=1S/C22H25N3O5S2/c1-30-19-8-4-3-7-17(19)23-21(26)14-25-18-13-16(9-10-20(18)31-15-22(25)27)32(28,29)24-11-5-2-6-12-24/h3-4,7-10,13H,2,5-6,11-12,14-15H2,1H3,(H,23,26). The second-order valence-electron chi connectivity index (χ2n) is 7.61. The molecule has 4 rings (SSSR count). The van der Waals surface area contributed by atoms with Crippen LogP contribution in [0.25, 0.3) is 0 Å². The number of methoxy groups -OCH3 is 1. The highest BCUT2D eigenvalue weighted by Crippen LogP contribution is 2.37. The number of benzene rings is 2. The molecule has 2 aromatic rings. The van der Waals surface area contributed by atoms with E-state index < -0.39 is 15.9 Å². The predicted octanol–water partition coefficient (Wildman–Crippen LogP) is 2.95. The van der Waals surface area contributed by atoms with Crippen LogP contribution in [0, 0.1) is 0 Å². The van der Waals surface area contributed by atoms with Gasteiger partial charge in [-0.1, -0.05) is 18.6 Å². The summed E-state index contributed by atoms with van der Waals surface area (Å²) in [5, 5.41) is 2.77. The third-order valence-electron chi connectivity index (χ3n) is 5.51. The number of thioether (sulfide) groups is 1. The van der Waals surface area contributed by atoms with Crippen LogP contribution in [0.2, 0.25) is 0 Å². The van der Waals surface area contributed by atoms with E-state index in [0.29, 0.717) is 30.2 Å². The Balaban J connectivity index is 1.59. The summed E-state index contributed by atoms with van der Waals surface area (Å²) in [4.78, 5) is 27.7. The molecular formula is C22H25N3O5S2. The minimum Gasteiger partial charge on any atom is -0.495 e. The monoisotopic (exact) mass is 475 g/mol. The Bertz CT molecular complexity index is 1130. The topological polar surface area (TPSA) is 96.0 Å². The SMILES string of the molecule is COc1ccccc1NC(=O)CN1C(=O)CSc2ccc(S(=O)(=O)N3CCCCC3)cc21. The van der Waals surface area contributed by atoms with Gasteiger partial charge in [-0.25, -0.2) is 8.42 Å². The number of piperidine rings is 1. The molecule has 0 unspecified atom stereocenters. The summed E-state index contributed by atoms with van der Waals surface area (Å²) in [5.74, 6) is 0.0551. The summed E-state index contributed by atoms with van der Waals surface area (Å²) in [6, 6.07) is 11.8. The van der Waals surface area contributed by atoms with Crippen molar-refractivity contribution >= 4 is 45.0 Å². The van der Waals surface area contributed by atoms with E-state index >= 15 is 0 Å². The van der Waals surface area contributed by atoms with Crippen molar-refractivity contribution in [2.45, 2.75) is 29.1 Å². The van der Waals surface area contributed by atoms with Crippen LogP contribution >= 0.6 is 11.8 Å². The van der Waals surface area contributed by atoms with Gasteiger partial charge in [0.05, 0.1) is 29.1 Å².